The van der Waals surface area contributed by atoms with Crippen molar-refractivity contribution in [3.8, 4) is 22.6 Å². The Morgan fingerprint density at radius 1 is 0.926 bits per heavy atom. The van der Waals surface area contributed by atoms with Crippen LogP contribution >= 0.6 is 0 Å². The molecule has 3 aromatic rings. The Balaban J connectivity index is 1.50. The van der Waals surface area contributed by atoms with Gasteiger partial charge in [-0.2, -0.15) is 5.10 Å². The molecule has 0 unspecified atom stereocenters. The molecule has 136 valence electrons. The number of methoxy groups -OCH3 is 1. The first-order chi connectivity index (χ1) is 13.3. The number of para-hydroxylation sites is 1. The van der Waals surface area contributed by atoms with Gasteiger partial charge >= 0.3 is 0 Å². The van der Waals surface area contributed by atoms with Crippen LogP contribution in [0.1, 0.15) is 5.56 Å². The van der Waals surface area contributed by atoms with Crippen molar-refractivity contribution < 1.29 is 14.3 Å². The smallest absolute Gasteiger partial charge is 0.277 e. The zero-order valence-electron chi connectivity index (χ0n) is 15.0. The van der Waals surface area contributed by atoms with Crippen molar-refractivity contribution >= 4 is 12.1 Å². The molecule has 3 aromatic carbocycles. The maximum absolute atomic E-state index is 11.9. The van der Waals surface area contributed by atoms with E-state index in [2.05, 4.69) is 10.5 Å². The van der Waals surface area contributed by atoms with Gasteiger partial charge in [-0.15, -0.1) is 0 Å². The first-order valence-corrected chi connectivity index (χ1v) is 8.49. The van der Waals surface area contributed by atoms with Gasteiger partial charge in [0, 0.05) is 5.56 Å². The summed E-state index contributed by atoms with van der Waals surface area (Å²) in [5.41, 5.74) is 5.44. The quantitative estimate of drug-likeness (QED) is 0.514. The molecule has 1 N–H and O–H groups in total. The second-order valence-corrected chi connectivity index (χ2v) is 5.71. The van der Waals surface area contributed by atoms with Crippen molar-refractivity contribution in [3.63, 3.8) is 0 Å². The summed E-state index contributed by atoms with van der Waals surface area (Å²) in [6.45, 7) is -0.117. The van der Waals surface area contributed by atoms with Gasteiger partial charge in [-0.3, -0.25) is 4.79 Å². The van der Waals surface area contributed by atoms with Gasteiger partial charge in [-0.05, 0) is 35.4 Å². The van der Waals surface area contributed by atoms with Gasteiger partial charge in [0.15, 0.2) is 6.61 Å². The van der Waals surface area contributed by atoms with Crippen LogP contribution in [0.15, 0.2) is 84.0 Å². The van der Waals surface area contributed by atoms with Crippen LogP contribution in [-0.2, 0) is 4.79 Å². The second kappa shape index (κ2) is 9.20. The molecule has 5 heteroatoms. The molecule has 3 rings (SSSR count). The van der Waals surface area contributed by atoms with Crippen LogP contribution in [-0.4, -0.2) is 25.8 Å². The van der Waals surface area contributed by atoms with Crippen molar-refractivity contribution in [2.45, 2.75) is 0 Å². The van der Waals surface area contributed by atoms with E-state index >= 15 is 0 Å². The third kappa shape index (κ3) is 5.19. The van der Waals surface area contributed by atoms with E-state index in [4.69, 9.17) is 9.47 Å². The molecule has 1 amide bonds. The Morgan fingerprint density at radius 2 is 1.59 bits per heavy atom. The van der Waals surface area contributed by atoms with E-state index in [1.807, 2.05) is 78.9 Å². The van der Waals surface area contributed by atoms with Crippen LogP contribution in [0.4, 0.5) is 0 Å². The lowest BCUT2D eigenvalue weighted by Crippen LogP contribution is -2.24. The fraction of sp³-hybridized carbons (Fsp3) is 0.0909. The molecule has 0 atom stereocenters. The maximum atomic E-state index is 11.9. The number of nitrogens with one attached hydrogen (secondary N) is 1. The molecular weight excluding hydrogens is 340 g/mol. The van der Waals surface area contributed by atoms with Gasteiger partial charge in [0.05, 0.1) is 13.3 Å². The standard InChI is InChI=1S/C22H20N2O3/c1-26-21-10-6-5-9-19(21)15-23-24-22(25)16-27-20-13-11-18(12-14-20)17-7-3-2-4-8-17/h2-15H,16H2,1H3,(H,24,25)/b23-15+. The van der Waals surface area contributed by atoms with Crippen molar-refractivity contribution in [2.24, 2.45) is 5.10 Å². The molecule has 0 fully saturated rings. The summed E-state index contributed by atoms with van der Waals surface area (Å²) in [6.07, 6.45) is 1.53. The lowest BCUT2D eigenvalue weighted by atomic mass is 10.1. The molecule has 0 spiro atoms. The Morgan fingerprint density at radius 3 is 2.33 bits per heavy atom. The predicted octanol–water partition coefficient (Wildman–Crippen LogP) is 3.89. The molecule has 0 bridgehead atoms. The third-order valence-corrected chi connectivity index (χ3v) is 3.86. The number of hydrogen-bond donors (Lipinski definition) is 1. The highest BCUT2D eigenvalue weighted by Crippen LogP contribution is 2.22. The van der Waals surface area contributed by atoms with E-state index in [9.17, 15) is 4.79 Å². The normalized spacial score (nSPS) is 10.6. The van der Waals surface area contributed by atoms with Gasteiger partial charge in [-0.1, -0.05) is 54.6 Å². The van der Waals surface area contributed by atoms with Crippen LogP contribution in [0.3, 0.4) is 0 Å². The minimum Gasteiger partial charge on any atom is -0.496 e. The summed E-state index contributed by atoms with van der Waals surface area (Å²) >= 11 is 0. The van der Waals surface area contributed by atoms with Gasteiger partial charge < -0.3 is 9.47 Å². The number of nitrogens with zero attached hydrogens (tertiary/aromatic N) is 1. The van der Waals surface area contributed by atoms with Gasteiger partial charge in [-0.25, -0.2) is 5.43 Å². The molecule has 0 heterocycles. The molecule has 0 saturated carbocycles. The van der Waals surface area contributed by atoms with E-state index in [1.165, 1.54) is 6.21 Å². The zero-order chi connectivity index (χ0) is 18.9. The minimum absolute atomic E-state index is 0.117. The highest BCUT2D eigenvalue weighted by molar-refractivity contribution is 5.85. The lowest BCUT2D eigenvalue weighted by molar-refractivity contribution is -0.123. The molecule has 5 nitrogen and oxygen atoms in total. The predicted molar refractivity (Wildman–Crippen MR) is 106 cm³/mol. The average molecular weight is 360 g/mol. The van der Waals surface area contributed by atoms with E-state index in [-0.39, 0.29) is 12.5 Å². The van der Waals surface area contributed by atoms with E-state index in [1.54, 1.807) is 7.11 Å². The van der Waals surface area contributed by atoms with Crippen LogP contribution in [0.5, 0.6) is 11.5 Å². The Kier molecular flexibility index (Phi) is 6.20. The molecule has 0 radical (unpaired) electrons. The van der Waals surface area contributed by atoms with Crippen LogP contribution in [0.2, 0.25) is 0 Å². The molecule has 0 aromatic heterocycles. The largest absolute Gasteiger partial charge is 0.496 e. The van der Waals surface area contributed by atoms with Crippen molar-refractivity contribution in [1.29, 1.82) is 0 Å². The van der Waals surface area contributed by atoms with Crippen LogP contribution in [0.25, 0.3) is 11.1 Å². The summed E-state index contributed by atoms with van der Waals surface area (Å²) in [4.78, 5) is 11.9. The minimum atomic E-state index is -0.340. The first kappa shape index (κ1) is 18.2. The fourth-order valence-electron chi connectivity index (χ4n) is 2.50. The maximum Gasteiger partial charge on any atom is 0.277 e. The Labute approximate surface area is 158 Å². The summed E-state index contributed by atoms with van der Waals surface area (Å²) in [7, 11) is 1.59. The summed E-state index contributed by atoms with van der Waals surface area (Å²) in [5, 5.41) is 3.93. The van der Waals surface area contributed by atoms with Crippen LogP contribution < -0.4 is 14.9 Å². The Bertz CT molecular complexity index is 906. The summed E-state index contributed by atoms with van der Waals surface area (Å²) in [5.74, 6) is 0.970. The number of hydrazone groups is 1. The second-order valence-electron chi connectivity index (χ2n) is 5.71. The van der Waals surface area contributed by atoms with E-state index in [0.717, 1.165) is 16.7 Å². The summed E-state index contributed by atoms with van der Waals surface area (Å²) < 4.78 is 10.7. The number of carbonyl (C=O) groups is 1. The monoisotopic (exact) mass is 360 g/mol. The molecule has 0 saturated heterocycles. The van der Waals surface area contributed by atoms with E-state index in [0.29, 0.717) is 11.5 Å². The molecule has 0 aliphatic carbocycles. The molecule has 27 heavy (non-hydrogen) atoms. The van der Waals surface area contributed by atoms with Gasteiger partial charge in [0.25, 0.3) is 5.91 Å². The van der Waals surface area contributed by atoms with Crippen molar-refractivity contribution in [1.82, 2.24) is 5.43 Å². The highest BCUT2D eigenvalue weighted by atomic mass is 16.5. The number of hydrogen-bond acceptors (Lipinski definition) is 4. The number of amides is 1. The van der Waals surface area contributed by atoms with Crippen molar-refractivity contribution in [3.05, 3.63) is 84.4 Å². The molecule has 0 aliphatic rings. The van der Waals surface area contributed by atoms with Gasteiger partial charge in [0.1, 0.15) is 11.5 Å². The van der Waals surface area contributed by atoms with Crippen molar-refractivity contribution in [2.75, 3.05) is 13.7 Å². The third-order valence-electron chi connectivity index (χ3n) is 3.86. The lowest BCUT2D eigenvalue weighted by Gasteiger charge is -2.07. The fourth-order valence-corrected chi connectivity index (χ4v) is 2.50. The Hall–Kier alpha value is -3.60. The van der Waals surface area contributed by atoms with Crippen LogP contribution in [0, 0.1) is 0 Å². The summed E-state index contributed by atoms with van der Waals surface area (Å²) in [6, 6.07) is 25.1. The van der Waals surface area contributed by atoms with E-state index < -0.39 is 0 Å². The molecule has 0 aliphatic heterocycles. The SMILES string of the molecule is COc1ccccc1/C=N/NC(=O)COc1ccc(-c2ccccc2)cc1. The average Bonchev–Trinajstić information content (AvgIpc) is 2.73. The van der Waals surface area contributed by atoms with Gasteiger partial charge in [0.2, 0.25) is 0 Å². The number of ether oxygens (including phenoxy) is 2. The topological polar surface area (TPSA) is 59.9 Å². The highest BCUT2D eigenvalue weighted by Gasteiger charge is 2.03. The number of rotatable bonds is 7. The number of benzene rings is 3. The molecular formula is C22H20N2O3. The first-order valence-electron chi connectivity index (χ1n) is 8.49. The number of carbonyl (C=O) groups excluding carboxylic acids is 1. The zero-order valence-corrected chi connectivity index (χ0v) is 15.0.